The fourth-order valence-corrected chi connectivity index (χ4v) is 2.50. The summed E-state index contributed by atoms with van der Waals surface area (Å²) in [5.74, 6) is 0.0399. The fourth-order valence-electron chi connectivity index (χ4n) is 1.54. The Bertz CT molecular complexity index is 616. The molecule has 1 heterocycles. The van der Waals surface area contributed by atoms with Crippen LogP contribution in [-0.2, 0) is 16.1 Å². The van der Waals surface area contributed by atoms with E-state index in [-0.39, 0.29) is 12.5 Å². The molecule has 21 heavy (non-hydrogen) atoms. The van der Waals surface area contributed by atoms with Crippen LogP contribution in [0.15, 0.2) is 24.3 Å². The summed E-state index contributed by atoms with van der Waals surface area (Å²) in [6.45, 7) is 4.29. The first-order valence-corrected chi connectivity index (χ1v) is 7.70. The zero-order valence-electron chi connectivity index (χ0n) is 11.8. The number of benzene rings is 1. The van der Waals surface area contributed by atoms with Crippen LogP contribution in [0.1, 0.15) is 30.3 Å². The first-order chi connectivity index (χ1) is 10.1. The second-order valence-electron chi connectivity index (χ2n) is 4.73. The summed E-state index contributed by atoms with van der Waals surface area (Å²) < 4.78 is 5.35. The van der Waals surface area contributed by atoms with Crippen LogP contribution in [0.3, 0.4) is 0 Å². The number of carbonyl (C=O) groups is 1. The molecule has 1 aromatic heterocycles. The summed E-state index contributed by atoms with van der Waals surface area (Å²) in [7, 11) is 0. The molecule has 0 aliphatic carbocycles. The third-order valence-corrected chi connectivity index (χ3v) is 4.14. The van der Waals surface area contributed by atoms with E-state index in [1.165, 1.54) is 11.3 Å². The van der Waals surface area contributed by atoms with Crippen LogP contribution in [0.2, 0.25) is 5.02 Å². The zero-order valence-corrected chi connectivity index (χ0v) is 13.4. The molecular formula is C14H16ClN3O2S. The van der Waals surface area contributed by atoms with Gasteiger partial charge in [-0.05, 0) is 11.6 Å². The lowest BCUT2D eigenvalue weighted by Crippen LogP contribution is -2.18. The van der Waals surface area contributed by atoms with Gasteiger partial charge in [-0.25, -0.2) is 0 Å². The molecule has 0 fully saturated rings. The number of hydrogen-bond donors (Lipinski definition) is 1. The number of amides is 1. The van der Waals surface area contributed by atoms with Crippen molar-refractivity contribution in [1.29, 1.82) is 0 Å². The molecule has 0 saturated heterocycles. The van der Waals surface area contributed by atoms with Gasteiger partial charge in [0, 0.05) is 10.9 Å². The largest absolute Gasteiger partial charge is 0.367 e. The number of nitrogens with one attached hydrogen (secondary N) is 1. The molecular weight excluding hydrogens is 310 g/mol. The first kappa shape index (κ1) is 15.9. The van der Waals surface area contributed by atoms with E-state index in [4.69, 9.17) is 16.3 Å². The van der Waals surface area contributed by atoms with E-state index in [2.05, 4.69) is 15.5 Å². The van der Waals surface area contributed by atoms with Crippen LogP contribution in [-0.4, -0.2) is 22.7 Å². The molecule has 5 nitrogen and oxygen atoms in total. The van der Waals surface area contributed by atoms with Gasteiger partial charge in [-0.15, -0.1) is 10.2 Å². The van der Waals surface area contributed by atoms with Crippen molar-refractivity contribution in [2.75, 3.05) is 11.9 Å². The number of hydrogen-bond acceptors (Lipinski definition) is 5. The SMILES string of the molecule is CC(C)c1nnc(NC(=O)COCc2ccccc2Cl)s1. The number of nitrogens with zero attached hydrogens (tertiary/aromatic N) is 2. The van der Waals surface area contributed by atoms with Crippen molar-refractivity contribution in [2.45, 2.75) is 26.4 Å². The Balaban J connectivity index is 1.78. The predicted molar refractivity (Wildman–Crippen MR) is 83.7 cm³/mol. The van der Waals surface area contributed by atoms with Gasteiger partial charge < -0.3 is 4.74 Å². The van der Waals surface area contributed by atoms with Gasteiger partial charge in [-0.1, -0.05) is 55.0 Å². The van der Waals surface area contributed by atoms with Crippen molar-refractivity contribution in [3.05, 3.63) is 39.9 Å². The highest BCUT2D eigenvalue weighted by atomic mass is 35.5. The minimum atomic E-state index is -0.256. The Morgan fingerprint density at radius 1 is 1.38 bits per heavy atom. The van der Waals surface area contributed by atoms with E-state index in [0.29, 0.717) is 22.7 Å². The Hall–Kier alpha value is -1.50. The number of carbonyl (C=O) groups excluding carboxylic acids is 1. The monoisotopic (exact) mass is 325 g/mol. The van der Waals surface area contributed by atoms with Crippen LogP contribution >= 0.6 is 22.9 Å². The van der Waals surface area contributed by atoms with Gasteiger partial charge in [0.15, 0.2) is 0 Å². The molecule has 0 aliphatic rings. The molecule has 0 bridgehead atoms. The third-order valence-electron chi connectivity index (χ3n) is 2.63. The highest BCUT2D eigenvalue weighted by Gasteiger charge is 2.10. The molecule has 0 radical (unpaired) electrons. The summed E-state index contributed by atoms with van der Waals surface area (Å²) in [6.07, 6.45) is 0. The predicted octanol–water partition coefficient (Wildman–Crippen LogP) is 3.47. The second kappa shape index (κ2) is 7.49. The molecule has 7 heteroatoms. The minimum absolute atomic E-state index is 0.0538. The summed E-state index contributed by atoms with van der Waals surface area (Å²) in [4.78, 5) is 11.7. The molecule has 0 unspecified atom stereocenters. The van der Waals surface area contributed by atoms with E-state index in [1.54, 1.807) is 6.07 Å². The van der Waals surface area contributed by atoms with Crippen molar-refractivity contribution < 1.29 is 9.53 Å². The van der Waals surface area contributed by atoms with Gasteiger partial charge in [0.25, 0.3) is 5.91 Å². The van der Waals surface area contributed by atoms with Crippen molar-refractivity contribution in [1.82, 2.24) is 10.2 Å². The maximum absolute atomic E-state index is 11.7. The molecule has 1 N–H and O–H groups in total. The quantitative estimate of drug-likeness (QED) is 0.883. The first-order valence-electron chi connectivity index (χ1n) is 6.50. The number of rotatable bonds is 6. The molecule has 0 saturated carbocycles. The number of aromatic nitrogens is 2. The van der Waals surface area contributed by atoms with E-state index < -0.39 is 0 Å². The maximum Gasteiger partial charge on any atom is 0.252 e. The number of anilines is 1. The topological polar surface area (TPSA) is 64.1 Å². The van der Waals surface area contributed by atoms with E-state index in [9.17, 15) is 4.79 Å². The Morgan fingerprint density at radius 2 is 2.14 bits per heavy atom. The van der Waals surface area contributed by atoms with Gasteiger partial charge >= 0.3 is 0 Å². The Morgan fingerprint density at radius 3 is 2.81 bits per heavy atom. The summed E-state index contributed by atoms with van der Waals surface area (Å²) in [6, 6.07) is 7.37. The molecule has 1 amide bonds. The fraction of sp³-hybridized carbons (Fsp3) is 0.357. The minimum Gasteiger partial charge on any atom is -0.367 e. The number of halogens is 1. The van der Waals surface area contributed by atoms with E-state index in [0.717, 1.165) is 10.6 Å². The zero-order chi connectivity index (χ0) is 15.2. The summed E-state index contributed by atoms with van der Waals surface area (Å²) in [5.41, 5.74) is 0.852. The van der Waals surface area contributed by atoms with Crippen LogP contribution in [0.4, 0.5) is 5.13 Å². The van der Waals surface area contributed by atoms with Crippen molar-refractivity contribution in [3.63, 3.8) is 0 Å². The summed E-state index contributed by atoms with van der Waals surface area (Å²) >= 11 is 7.38. The smallest absolute Gasteiger partial charge is 0.252 e. The standard InChI is InChI=1S/C14H16ClN3O2S/c1-9(2)13-17-18-14(21-13)16-12(19)8-20-7-10-5-3-4-6-11(10)15/h3-6,9H,7-8H2,1-2H3,(H,16,18,19). The van der Waals surface area contributed by atoms with Crippen LogP contribution < -0.4 is 5.32 Å². The van der Waals surface area contributed by atoms with Gasteiger partial charge in [-0.2, -0.15) is 0 Å². The lowest BCUT2D eigenvalue weighted by molar-refractivity contribution is -0.121. The molecule has 0 aliphatic heterocycles. The van der Waals surface area contributed by atoms with Crippen LogP contribution in [0.25, 0.3) is 0 Å². The van der Waals surface area contributed by atoms with Gasteiger partial charge in [0.05, 0.1) is 6.61 Å². The van der Waals surface area contributed by atoms with Crippen molar-refractivity contribution >= 4 is 34.0 Å². The second-order valence-corrected chi connectivity index (χ2v) is 6.15. The molecule has 0 atom stereocenters. The highest BCUT2D eigenvalue weighted by Crippen LogP contribution is 2.22. The normalized spacial score (nSPS) is 10.9. The average Bonchev–Trinajstić information content (AvgIpc) is 2.89. The summed E-state index contributed by atoms with van der Waals surface area (Å²) in [5, 5.41) is 12.6. The van der Waals surface area contributed by atoms with Crippen LogP contribution in [0, 0.1) is 0 Å². The van der Waals surface area contributed by atoms with Crippen LogP contribution in [0.5, 0.6) is 0 Å². The van der Waals surface area contributed by atoms with Crippen molar-refractivity contribution in [3.8, 4) is 0 Å². The third kappa shape index (κ3) is 4.77. The maximum atomic E-state index is 11.7. The van der Waals surface area contributed by atoms with Crippen molar-refractivity contribution in [2.24, 2.45) is 0 Å². The lowest BCUT2D eigenvalue weighted by atomic mass is 10.2. The lowest BCUT2D eigenvalue weighted by Gasteiger charge is -2.05. The molecule has 0 spiro atoms. The van der Waals surface area contributed by atoms with Gasteiger partial charge in [0.2, 0.25) is 5.13 Å². The van der Waals surface area contributed by atoms with Gasteiger partial charge in [0.1, 0.15) is 11.6 Å². The molecule has 112 valence electrons. The molecule has 2 aromatic rings. The molecule has 2 rings (SSSR count). The highest BCUT2D eigenvalue weighted by molar-refractivity contribution is 7.15. The Labute approximate surface area is 132 Å². The average molecular weight is 326 g/mol. The Kier molecular flexibility index (Phi) is 5.67. The number of ether oxygens (including phenoxy) is 1. The van der Waals surface area contributed by atoms with E-state index >= 15 is 0 Å². The van der Waals surface area contributed by atoms with Gasteiger partial charge in [-0.3, -0.25) is 10.1 Å². The molecule has 1 aromatic carbocycles. The van der Waals surface area contributed by atoms with E-state index in [1.807, 2.05) is 32.0 Å².